The van der Waals surface area contributed by atoms with Gasteiger partial charge >= 0.3 is 0 Å². The van der Waals surface area contributed by atoms with E-state index in [-0.39, 0.29) is 12.7 Å². The first-order chi connectivity index (χ1) is 14.0. The number of hydrogen-bond donors (Lipinski definition) is 3. The lowest BCUT2D eigenvalue weighted by Gasteiger charge is -2.37. The highest BCUT2D eigenvalue weighted by Gasteiger charge is 2.38. The molecule has 0 bridgehead atoms. The maximum atomic E-state index is 10.3. The van der Waals surface area contributed by atoms with Gasteiger partial charge in [0.05, 0.1) is 25.9 Å². The first-order valence-corrected chi connectivity index (χ1v) is 10.4. The Morgan fingerprint density at radius 3 is 2.52 bits per heavy atom. The van der Waals surface area contributed by atoms with Gasteiger partial charge in [0.25, 0.3) is 0 Å². The Balaban J connectivity index is 1.69. The van der Waals surface area contributed by atoms with Crippen LogP contribution in [0.25, 0.3) is 0 Å². The number of ether oxygens (including phenoxy) is 2. The lowest BCUT2D eigenvalue weighted by molar-refractivity contribution is -0.181. The van der Waals surface area contributed by atoms with Gasteiger partial charge in [0.2, 0.25) is 0 Å². The van der Waals surface area contributed by atoms with Crippen molar-refractivity contribution in [2.75, 3.05) is 13.7 Å². The number of fused-ring (bicyclic) bond motifs is 1. The minimum absolute atomic E-state index is 0.308. The summed E-state index contributed by atoms with van der Waals surface area (Å²) in [5.74, 6) is 0.849. The highest BCUT2D eigenvalue weighted by Crippen LogP contribution is 2.39. The Bertz CT molecular complexity index is 861. The van der Waals surface area contributed by atoms with Gasteiger partial charge in [-0.15, -0.1) is 0 Å². The van der Waals surface area contributed by atoms with Gasteiger partial charge < -0.3 is 24.8 Å². The third-order valence-electron chi connectivity index (χ3n) is 6.47. The van der Waals surface area contributed by atoms with Crippen LogP contribution >= 0.6 is 0 Å². The Kier molecular flexibility index (Phi) is 5.93. The molecule has 0 radical (unpaired) electrons. The molecule has 1 fully saturated rings. The van der Waals surface area contributed by atoms with E-state index in [0.29, 0.717) is 6.42 Å². The highest BCUT2D eigenvalue weighted by atomic mass is 16.5. The molecule has 2 aromatic carbocycles. The van der Waals surface area contributed by atoms with Crippen LogP contribution in [-0.4, -0.2) is 47.3 Å². The predicted molar refractivity (Wildman–Crippen MR) is 110 cm³/mol. The van der Waals surface area contributed by atoms with Crippen LogP contribution in [0.15, 0.2) is 30.3 Å². The van der Waals surface area contributed by atoms with Crippen LogP contribution in [0.1, 0.15) is 52.3 Å². The Labute approximate surface area is 171 Å². The number of benzene rings is 2. The molecule has 1 aliphatic carbocycles. The van der Waals surface area contributed by atoms with Crippen LogP contribution in [0, 0.1) is 6.92 Å². The van der Waals surface area contributed by atoms with Crippen molar-refractivity contribution in [3.8, 4) is 5.75 Å². The van der Waals surface area contributed by atoms with E-state index in [2.05, 4.69) is 25.1 Å². The molecular weight excluding hydrogens is 368 g/mol. The van der Waals surface area contributed by atoms with Crippen LogP contribution in [0.3, 0.4) is 0 Å². The summed E-state index contributed by atoms with van der Waals surface area (Å²) in [7, 11) is 1.67. The fourth-order valence-corrected chi connectivity index (χ4v) is 4.83. The van der Waals surface area contributed by atoms with Crippen LogP contribution < -0.4 is 4.74 Å². The summed E-state index contributed by atoms with van der Waals surface area (Å²) in [4.78, 5) is 0. The van der Waals surface area contributed by atoms with Crippen molar-refractivity contribution in [2.45, 2.75) is 63.4 Å². The summed E-state index contributed by atoms with van der Waals surface area (Å²) in [6.45, 7) is 1.82. The van der Waals surface area contributed by atoms with Crippen LogP contribution in [0.5, 0.6) is 5.75 Å². The second kappa shape index (κ2) is 8.44. The highest BCUT2D eigenvalue weighted by molar-refractivity contribution is 5.50. The van der Waals surface area contributed by atoms with E-state index in [9.17, 15) is 15.3 Å². The van der Waals surface area contributed by atoms with Gasteiger partial charge in [-0.25, -0.2) is 0 Å². The third kappa shape index (κ3) is 3.92. The zero-order valence-corrected chi connectivity index (χ0v) is 17.1. The van der Waals surface area contributed by atoms with Crippen molar-refractivity contribution in [3.63, 3.8) is 0 Å². The maximum Gasteiger partial charge on any atom is 0.118 e. The van der Waals surface area contributed by atoms with Crippen LogP contribution in [-0.2, 0) is 24.0 Å². The van der Waals surface area contributed by atoms with Gasteiger partial charge in [0.1, 0.15) is 18.0 Å². The van der Waals surface area contributed by atoms with Gasteiger partial charge in [-0.1, -0.05) is 18.2 Å². The molecule has 1 saturated heterocycles. The molecule has 156 valence electrons. The molecule has 0 saturated carbocycles. The molecule has 1 heterocycles. The van der Waals surface area contributed by atoms with E-state index in [1.54, 1.807) is 7.11 Å². The third-order valence-corrected chi connectivity index (χ3v) is 6.47. The predicted octanol–water partition coefficient (Wildman–Crippen LogP) is 2.63. The summed E-state index contributed by atoms with van der Waals surface area (Å²) >= 11 is 0. The molecule has 0 aromatic heterocycles. The van der Waals surface area contributed by atoms with Crippen molar-refractivity contribution >= 4 is 0 Å². The van der Waals surface area contributed by atoms with Crippen molar-refractivity contribution < 1.29 is 24.8 Å². The molecule has 1 aliphatic heterocycles. The second-order valence-corrected chi connectivity index (χ2v) is 8.22. The zero-order chi connectivity index (χ0) is 20.5. The molecule has 0 spiro atoms. The van der Waals surface area contributed by atoms with Crippen molar-refractivity contribution in [2.24, 2.45) is 0 Å². The SMILES string of the molecule is COc1ccc(Cc2cc([C@H]3CC(O)[C@H](O)C(CO)O3)c(C)c3c2CCC3)cc1. The molecule has 2 unspecified atom stereocenters. The van der Waals surface area contributed by atoms with E-state index in [1.165, 1.54) is 27.8 Å². The average molecular weight is 398 g/mol. The summed E-state index contributed by atoms with van der Waals surface area (Å²) in [5.41, 5.74) is 7.66. The number of aliphatic hydroxyl groups is 3. The fourth-order valence-electron chi connectivity index (χ4n) is 4.83. The monoisotopic (exact) mass is 398 g/mol. The minimum Gasteiger partial charge on any atom is -0.497 e. The van der Waals surface area contributed by atoms with Gasteiger partial charge in [-0.3, -0.25) is 0 Å². The van der Waals surface area contributed by atoms with Gasteiger partial charge in [0.15, 0.2) is 0 Å². The smallest absolute Gasteiger partial charge is 0.118 e. The molecule has 2 aromatic rings. The first-order valence-electron chi connectivity index (χ1n) is 10.4. The van der Waals surface area contributed by atoms with Crippen molar-refractivity contribution in [3.05, 3.63) is 63.7 Å². The lowest BCUT2D eigenvalue weighted by Crippen LogP contribution is -2.47. The number of hydrogen-bond acceptors (Lipinski definition) is 5. The molecule has 4 rings (SSSR count). The van der Waals surface area contributed by atoms with E-state index < -0.39 is 18.3 Å². The minimum atomic E-state index is -1.05. The van der Waals surface area contributed by atoms with Gasteiger partial charge in [0, 0.05) is 6.42 Å². The normalized spacial score (nSPS) is 26.4. The zero-order valence-electron chi connectivity index (χ0n) is 17.1. The molecule has 3 N–H and O–H groups in total. The van der Waals surface area contributed by atoms with E-state index in [4.69, 9.17) is 9.47 Å². The van der Waals surface area contributed by atoms with Gasteiger partial charge in [-0.2, -0.15) is 0 Å². The molecule has 4 atom stereocenters. The van der Waals surface area contributed by atoms with E-state index >= 15 is 0 Å². The second-order valence-electron chi connectivity index (χ2n) is 8.22. The standard InChI is InChI=1S/C24H30O5/c1-14-18-4-3-5-19(18)16(10-15-6-8-17(28-2)9-7-15)11-20(14)22-12-21(26)24(27)23(13-25)29-22/h6-9,11,21-27H,3-5,10,12-13H2,1-2H3/t21?,22-,23?,24+/m1/s1. The lowest BCUT2D eigenvalue weighted by atomic mass is 9.85. The Morgan fingerprint density at radius 1 is 1.10 bits per heavy atom. The van der Waals surface area contributed by atoms with Crippen molar-refractivity contribution in [1.82, 2.24) is 0 Å². The molecular formula is C24H30O5. The fraction of sp³-hybridized carbons (Fsp3) is 0.500. The number of aliphatic hydroxyl groups excluding tert-OH is 3. The molecule has 5 heteroatoms. The maximum absolute atomic E-state index is 10.3. The Hall–Kier alpha value is -1.92. The number of rotatable bonds is 5. The summed E-state index contributed by atoms with van der Waals surface area (Å²) < 4.78 is 11.3. The van der Waals surface area contributed by atoms with Crippen LogP contribution in [0.2, 0.25) is 0 Å². The largest absolute Gasteiger partial charge is 0.497 e. The molecule has 0 amide bonds. The molecule has 29 heavy (non-hydrogen) atoms. The van der Waals surface area contributed by atoms with Crippen molar-refractivity contribution in [1.29, 1.82) is 0 Å². The summed E-state index contributed by atoms with van der Waals surface area (Å²) in [6.07, 6.45) is 1.43. The quantitative estimate of drug-likeness (QED) is 0.722. The molecule has 5 nitrogen and oxygen atoms in total. The summed E-state index contributed by atoms with van der Waals surface area (Å²) in [6, 6.07) is 10.4. The Morgan fingerprint density at radius 2 is 1.83 bits per heavy atom. The van der Waals surface area contributed by atoms with E-state index in [1.807, 2.05) is 12.1 Å². The van der Waals surface area contributed by atoms with E-state index in [0.717, 1.165) is 37.0 Å². The van der Waals surface area contributed by atoms with Gasteiger partial charge in [-0.05, 0) is 78.1 Å². The van der Waals surface area contributed by atoms with Crippen LogP contribution in [0.4, 0.5) is 0 Å². The topological polar surface area (TPSA) is 79.2 Å². The number of methoxy groups -OCH3 is 1. The first kappa shape index (κ1) is 20.4. The average Bonchev–Trinajstić information content (AvgIpc) is 3.23. The molecule has 2 aliphatic rings. The summed E-state index contributed by atoms with van der Waals surface area (Å²) in [5, 5.41) is 29.9.